The number of piperidine rings is 1. The molecule has 162 valence electrons. The van der Waals surface area contributed by atoms with Crippen LogP contribution in [0.5, 0.6) is 0 Å². The van der Waals surface area contributed by atoms with E-state index in [9.17, 15) is 4.79 Å². The third-order valence-corrected chi connectivity index (χ3v) is 6.37. The molecule has 0 aliphatic carbocycles. The third-order valence-electron chi connectivity index (χ3n) is 6.37. The van der Waals surface area contributed by atoms with Crippen LogP contribution in [0.3, 0.4) is 0 Å². The molecular weight excluding hydrogens is 378 g/mol. The molecule has 4 heterocycles. The Kier molecular flexibility index (Phi) is 5.91. The summed E-state index contributed by atoms with van der Waals surface area (Å²) in [6.07, 6.45) is 5.83. The number of aryl methyl sites for hydroxylation is 3. The van der Waals surface area contributed by atoms with Crippen molar-refractivity contribution in [2.24, 2.45) is 0 Å². The van der Waals surface area contributed by atoms with Crippen molar-refractivity contribution in [1.29, 1.82) is 0 Å². The summed E-state index contributed by atoms with van der Waals surface area (Å²) < 4.78 is 8.30. The summed E-state index contributed by atoms with van der Waals surface area (Å²) in [5, 5.41) is 4.48. The molecule has 1 saturated heterocycles. The molecule has 2 aromatic heterocycles. The highest BCUT2D eigenvalue weighted by Gasteiger charge is 2.43. The van der Waals surface area contributed by atoms with E-state index in [0.29, 0.717) is 13.0 Å². The van der Waals surface area contributed by atoms with E-state index in [-0.39, 0.29) is 17.4 Å². The average Bonchev–Trinajstić information content (AvgIpc) is 3.05. The Hall–Kier alpha value is -2.28. The summed E-state index contributed by atoms with van der Waals surface area (Å²) in [5.41, 5.74) is 4.08. The van der Waals surface area contributed by atoms with E-state index < -0.39 is 0 Å². The normalized spacial score (nSPS) is 18.1. The predicted octanol–water partition coefficient (Wildman–Crippen LogP) is 3.28. The number of nitrogens with zero attached hydrogens (tertiary/aromatic N) is 5. The molecule has 2 aromatic rings. The molecular formula is C23H33N5O2. The van der Waals surface area contributed by atoms with Gasteiger partial charge in [0.2, 0.25) is 5.91 Å². The summed E-state index contributed by atoms with van der Waals surface area (Å²) in [6.45, 7) is 11.2. The van der Waals surface area contributed by atoms with Crippen molar-refractivity contribution in [2.75, 3.05) is 19.7 Å². The van der Waals surface area contributed by atoms with Gasteiger partial charge in [0, 0.05) is 43.9 Å². The molecule has 30 heavy (non-hydrogen) atoms. The smallest absolute Gasteiger partial charge is 0.222 e. The van der Waals surface area contributed by atoms with Gasteiger partial charge in [-0.25, -0.2) is 9.97 Å². The van der Waals surface area contributed by atoms with Gasteiger partial charge in [-0.15, -0.1) is 0 Å². The number of ether oxygens (including phenoxy) is 1. The first-order chi connectivity index (χ1) is 14.4. The van der Waals surface area contributed by atoms with E-state index in [1.165, 1.54) is 5.56 Å². The minimum absolute atomic E-state index is 0.230. The molecule has 0 aromatic carbocycles. The second kappa shape index (κ2) is 8.46. The molecule has 2 aliphatic heterocycles. The number of aromatic nitrogens is 4. The van der Waals surface area contributed by atoms with Crippen molar-refractivity contribution >= 4 is 5.91 Å². The van der Waals surface area contributed by atoms with Gasteiger partial charge in [0.05, 0.1) is 18.0 Å². The topological polar surface area (TPSA) is 73.1 Å². The second-order valence-corrected chi connectivity index (χ2v) is 8.98. The van der Waals surface area contributed by atoms with Crippen LogP contribution in [0.1, 0.15) is 73.9 Å². The molecule has 4 rings (SSSR count). The first-order valence-electron chi connectivity index (χ1n) is 11.2. The van der Waals surface area contributed by atoms with Crippen LogP contribution in [0.2, 0.25) is 0 Å². The van der Waals surface area contributed by atoms with Crippen LogP contribution in [-0.2, 0) is 28.1 Å². The van der Waals surface area contributed by atoms with Crippen molar-refractivity contribution in [3.8, 4) is 0 Å². The number of hydrogen-bond acceptors (Lipinski definition) is 5. The Bertz CT molecular complexity index is 912. The molecule has 0 atom stereocenters. The molecule has 1 amide bonds. The zero-order valence-electron chi connectivity index (χ0n) is 18.6. The van der Waals surface area contributed by atoms with Crippen molar-refractivity contribution in [3.05, 3.63) is 40.7 Å². The van der Waals surface area contributed by atoms with Crippen molar-refractivity contribution in [1.82, 2.24) is 24.6 Å². The highest BCUT2D eigenvalue weighted by molar-refractivity contribution is 5.76. The first kappa shape index (κ1) is 21.0. The summed E-state index contributed by atoms with van der Waals surface area (Å²) in [7, 11) is 0. The number of hydrogen-bond donors (Lipinski definition) is 0. The third kappa shape index (κ3) is 4.13. The van der Waals surface area contributed by atoms with Crippen molar-refractivity contribution in [2.45, 2.75) is 77.9 Å². The lowest BCUT2D eigenvalue weighted by atomic mass is 9.83. The fraction of sp³-hybridized carbons (Fsp3) is 0.652. The maximum atomic E-state index is 12.8. The van der Waals surface area contributed by atoms with Crippen LogP contribution in [0.15, 0.2) is 12.3 Å². The largest absolute Gasteiger partial charge is 0.368 e. The Morgan fingerprint density at radius 3 is 2.70 bits per heavy atom. The summed E-state index contributed by atoms with van der Waals surface area (Å²) in [6, 6.07) is 2.07. The van der Waals surface area contributed by atoms with E-state index in [1.54, 1.807) is 0 Å². The number of fused-ring (bicyclic) bond motifs is 2. The van der Waals surface area contributed by atoms with Crippen LogP contribution in [0.25, 0.3) is 0 Å². The van der Waals surface area contributed by atoms with Gasteiger partial charge in [-0.2, -0.15) is 5.10 Å². The fourth-order valence-electron chi connectivity index (χ4n) is 4.64. The lowest BCUT2D eigenvalue weighted by Crippen LogP contribution is -2.49. The monoisotopic (exact) mass is 411 g/mol. The van der Waals surface area contributed by atoms with E-state index in [1.807, 2.05) is 22.7 Å². The molecule has 0 bridgehead atoms. The van der Waals surface area contributed by atoms with Gasteiger partial charge in [0.15, 0.2) is 0 Å². The Balaban J connectivity index is 1.36. The number of amides is 1. The Morgan fingerprint density at radius 2 is 2.03 bits per heavy atom. The van der Waals surface area contributed by atoms with Crippen LogP contribution < -0.4 is 0 Å². The van der Waals surface area contributed by atoms with E-state index in [4.69, 9.17) is 9.72 Å². The molecule has 2 aliphatic rings. The van der Waals surface area contributed by atoms with Gasteiger partial charge in [-0.3, -0.25) is 9.48 Å². The van der Waals surface area contributed by atoms with Gasteiger partial charge in [0.1, 0.15) is 11.4 Å². The van der Waals surface area contributed by atoms with Gasteiger partial charge >= 0.3 is 0 Å². The van der Waals surface area contributed by atoms with Crippen LogP contribution in [-0.4, -0.2) is 50.3 Å². The van der Waals surface area contributed by atoms with Gasteiger partial charge < -0.3 is 9.64 Å². The SMILES string of the molecule is Cc1cc(C)n(CCCC(=O)N2CCC3(CC2)OCCc2cnc(C(C)C)nc23)n1. The predicted molar refractivity (Wildman–Crippen MR) is 114 cm³/mol. The van der Waals surface area contributed by atoms with Crippen LogP contribution >= 0.6 is 0 Å². The number of carbonyl (C=O) groups excluding carboxylic acids is 1. The maximum Gasteiger partial charge on any atom is 0.222 e. The summed E-state index contributed by atoms with van der Waals surface area (Å²) in [5.74, 6) is 1.40. The van der Waals surface area contributed by atoms with Gasteiger partial charge in [-0.05, 0) is 51.2 Å². The minimum atomic E-state index is -0.360. The lowest BCUT2D eigenvalue weighted by Gasteiger charge is -2.44. The number of rotatable bonds is 5. The molecule has 1 fully saturated rings. The van der Waals surface area contributed by atoms with Gasteiger partial charge in [-0.1, -0.05) is 13.8 Å². The van der Waals surface area contributed by atoms with E-state index in [0.717, 1.165) is 68.2 Å². The maximum absolute atomic E-state index is 12.8. The Labute approximate surface area is 178 Å². The van der Waals surface area contributed by atoms with Crippen molar-refractivity contribution in [3.63, 3.8) is 0 Å². The lowest BCUT2D eigenvalue weighted by molar-refractivity contribution is -0.141. The zero-order chi connectivity index (χ0) is 21.3. The molecule has 1 spiro atoms. The minimum Gasteiger partial charge on any atom is -0.368 e. The quantitative estimate of drug-likeness (QED) is 0.755. The standard InChI is InChI=1S/C23H33N5O2/c1-16(2)22-24-15-19-7-13-30-23(21(19)25-22)8-11-27(12-9-23)20(29)6-5-10-28-18(4)14-17(3)26-28/h14-16H,5-13H2,1-4H3. The molecule has 7 nitrogen and oxygen atoms in total. The number of likely N-dealkylation sites (tertiary alicyclic amines) is 1. The second-order valence-electron chi connectivity index (χ2n) is 8.98. The molecule has 7 heteroatoms. The molecule has 0 unspecified atom stereocenters. The average molecular weight is 412 g/mol. The zero-order valence-corrected chi connectivity index (χ0v) is 18.6. The number of carbonyl (C=O) groups is 1. The molecule has 0 saturated carbocycles. The first-order valence-corrected chi connectivity index (χ1v) is 11.2. The Morgan fingerprint density at radius 1 is 1.27 bits per heavy atom. The van der Waals surface area contributed by atoms with Crippen LogP contribution in [0, 0.1) is 13.8 Å². The van der Waals surface area contributed by atoms with Crippen LogP contribution in [0.4, 0.5) is 0 Å². The highest BCUT2D eigenvalue weighted by Crippen LogP contribution is 2.40. The van der Waals surface area contributed by atoms with Gasteiger partial charge in [0.25, 0.3) is 0 Å². The highest BCUT2D eigenvalue weighted by atomic mass is 16.5. The van der Waals surface area contributed by atoms with Crippen molar-refractivity contribution < 1.29 is 9.53 Å². The van der Waals surface area contributed by atoms with E-state index in [2.05, 4.69) is 36.9 Å². The fourth-order valence-corrected chi connectivity index (χ4v) is 4.64. The summed E-state index contributed by atoms with van der Waals surface area (Å²) in [4.78, 5) is 24.2. The molecule has 0 N–H and O–H groups in total. The van der Waals surface area contributed by atoms with E-state index >= 15 is 0 Å². The summed E-state index contributed by atoms with van der Waals surface area (Å²) >= 11 is 0. The molecule has 0 radical (unpaired) electrons.